The maximum Gasteiger partial charge on any atom is 0.295 e. The molecule has 5 heteroatoms. The molecule has 0 saturated heterocycles. The Morgan fingerprint density at radius 3 is 2.74 bits per heavy atom. The molecule has 4 rings (SSSR count). The largest absolute Gasteiger partial charge is 0.457 e. The predicted octanol–water partition coefficient (Wildman–Crippen LogP) is 5.93. The van der Waals surface area contributed by atoms with Gasteiger partial charge in [0.05, 0.1) is 16.1 Å². The molecule has 1 heterocycles. The van der Waals surface area contributed by atoms with Gasteiger partial charge in [0.15, 0.2) is 5.78 Å². The van der Waals surface area contributed by atoms with Gasteiger partial charge in [0.25, 0.3) is 6.01 Å². The highest BCUT2D eigenvalue weighted by Crippen LogP contribution is 2.27. The first-order valence-corrected chi connectivity index (χ1v) is 10.7. The van der Waals surface area contributed by atoms with Crippen LogP contribution >= 0.6 is 11.6 Å². The number of imidazole rings is 1. The molecule has 0 saturated carbocycles. The predicted molar refractivity (Wildman–Crippen MR) is 124 cm³/mol. The molecule has 1 N–H and O–H groups in total. The lowest BCUT2D eigenvalue weighted by Gasteiger charge is -2.20. The standard InChI is InChI=1S/C26H23ClN2O2/c1-4-25(30)21-14-20(12-7-17(21)3)31-26-28-23-13-19(22(27)15-24(23)29-26)11-10-18-8-5-16(2)6-9-18/h5-9,12-13,15,20H,4,14H2,1-3H3,(H,28,29). The molecule has 0 spiro atoms. The first kappa shape index (κ1) is 21.0. The Bertz CT molecular complexity index is 1270. The number of Topliss-reactive ketones (excluding diaryl/α,β-unsaturated/α-hetero) is 1. The number of nitrogens with zero attached hydrogens (tertiary/aromatic N) is 1. The molecule has 1 aliphatic carbocycles. The van der Waals surface area contributed by atoms with Crippen molar-refractivity contribution in [2.75, 3.05) is 0 Å². The smallest absolute Gasteiger partial charge is 0.295 e. The summed E-state index contributed by atoms with van der Waals surface area (Å²) in [6.45, 7) is 5.88. The number of ketones is 1. The van der Waals surface area contributed by atoms with Crippen LogP contribution in [-0.2, 0) is 4.79 Å². The molecule has 1 aromatic heterocycles. The molecule has 0 bridgehead atoms. The number of rotatable bonds is 4. The number of carbonyl (C=O) groups excluding carboxylic acids is 1. The van der Waals surface area contributed by atoms with E-state index < -0.39 is 0 Å². The van der Waals surface area contributed by atoms with Crippen molar-refractivity contribution in [3.63, 3.8) is 0 Å². The van der Waals surface area contributed by atoms with Crippen LogP contribution < -0.4 is 4.74 Å². The van der Waals surface area contributed by atoms with E-state index in [0.29, 0.717) is 29.4 Å². The summed E-state index contributed by atoms with van der Waals surface area (Å²) in [6, 6.07) is 12.1. The maximum atomic E-state index is 12.2. The lowest BCUT2D eigenvalue weighted by Crippen LogP contribution is -2.21. The van der Waals surface area contributed by atoms with Gasteiger partial charge in [0.2, 0.25) is 0 Å². The maximum absolute atomic E-state index is 12.2. The van der Waals surface area contributed by atoms with E-state index in [1.54, 1.807) is 6.07 Å². The number of aromatic amines is 1. The van der Waals surface area contributed by atoms with Crippen molar-refractivity contribution >= 4 is 28.4 Å². The summed E-state index contributed by atoms with van der Waals surface area (Å²) in [5.41, 5.74) is 6.17. The van der Waals surface area contributed by atoms with Gasteiger partial charge in [-0.25, -0.2) is 0 Å². The van der Waals surface area contributed by atoms with Gasteiger partial charge in [-0.3, -0.25) is 4.79 Å². The second-order valence-electron chi connectivity index (χ2n) is 7.67. The summed E-state index contributed by atoms with van der Waals surface area (Å²) >= 11 is 6.43. The molecule has 0 fully saturated rings. The van der Waals surface area contributed by atoms with E-state index in [1.165, 1.54) is 5.56 Å². The van der Waals surface area contributed by atoms with Crippen LogP contribution in [0.2, 0.25) is 5.02 Å². The van der Waals surface area contributed by atoms with Crippen LogP contribution in [0.3, 0.4) is 0 Å². The van der Waals surface area contributed by atoms with Crippen molar-refractivity contribution in [2.45, 2.75) is 39.7 Å². The van der Waals surface area contributed by atoms with Crippen molar-refractivity contribution in [2.24, 2.45) is 0 Å². The van der Waals surface area contributed by atoms with Crippen LogP contribution in [0.1, 0.15) is 43.4 Å². The number of nitrogens with one attached hydrogen (secondary N) is 1. The van der Waals surface area contributed by atoms with E-state index in [9.17, 15) is 4.79 Å². The van der Waals surface area contributed by atoms with E-state index in [0.717, 1.165) is 27.8 Å². The van der Waals surface area contributed by atoms with Gasteiger partial charge < -0.3 is 9.72 Å². The van der Waals surface area contributed by atoms with Gasteiger partial charge in [0.1, 0.15) is 6.10 Å². The van der Waals surface area contributed by atoms with Crippen LogP contribution in [0.15, 0.2) is 59.7 Å². The number of ether oxygens (including phenoxy) is 1. The molecule has 156 valence electrons. The Balaban J connectivity index is 1.55. The summed E-state index contributed by atoms with van der Waals surface area (Å²) < 4.78 is 6.01. The van der Waals surface area contributed by atoms with Crippen molar-refractivity contribution in [1.82, 2.24) is 9.97 Å². The second kappa shape index (κ2) is 8.83. The zero-order chi connectivity index (χ0) is 22.0. The lowest BCUT2D eigenvalue weighted by molar-refractivity contribution is -0.115. The molecule has 1 aliphatic rings. The fourth-order valence-electron chi connectivity index (χ4n) is 3.49. The third-order valence-electron chi connectivity index (χ3n) is 5.30. The van der Waals surface area contributed by atoms with E-state index in [1.807, 2.05) is 63.3 Å². The highest BCUT2D eigenvalue weighted by molar-refractivity contribution is 6.32. The minimum atomic E-state index is -0.244. The Kier molecular flexibility index (Phi) is 5.97. The lowest BCUT2D eigenvalue weighted by atomic mass is 9.92. The average molecular weight is 431 g/mol. The Labute approximate surface area is 187 Å². The first-order valence-electron chi connectivity index (χ1n) is 10.3. The third kappa shape index (κ3) is 4.73. The van der Waals surface area contributed by atoms with Crippen molar-refractivity contribution in [1.29, 1.82) is 0 Å². The van der Waals surface area contributed by atoms with E-state index >= 15 is 0 Å². The summed E-state index contributed by atoms with van der Waals surface area (Å²) in [6.07, 6.45) is 4.68. The molecule has 4 nitrogen and oxygen atoms in total. The number of hydrogen-bond donors (Lipinski definition) is 1. The zero-order valence-electron chi connectivity index (χ0n) is 17.8. The average Bonchev–Trinajstić information content (AvgIpc) is 3.14. The zero-order valence-corrected chi connectivity index (χ0v) is 18.5. The molecule has 3 aromatic rings. The number of aromatic nitrogens is 2. The molecule has 1 unspecified atom stereocenters. The minimum absolute atomic E-state index is 0.156. The molecule has 2 aromatic carbocycles. The van der Waals surface area contributed by atoms with E-state index in [-0.39, 0.29) is 11.9 Å². The Morgan fingerprint density at radius 2 is 2.00 bits per heavy atom. The minimum Gasteiger partial charge on any atom is -0.457 e. The van der Waals surface area contributed by atoms with Gasteiger partial charge in [-0.1, -0.05) is 54.1 Å². The number of allylic oxidation sites excluding steroid dienone is 2. The van der Waals surface area contributed by atoms with Crippen LogP contribution in [0.25, 0.3) is 11.0 Å². The normalized spacial score (nSPS) is 15.7. The molecule has 1 atom stereocenters. The van der Waals surface area contributed by atoms with Gasteiger partial charge in [0, 0.05) is 29.5 Å². The Hall–Kier alpha value is -3.29. The quantitative estimate of drug-likeness (QED) is 0.522. The van der Waals surface area contributed by atoms with Crippen molar-refractivity contribution in [3.05, 3.63) is 81.4 Å². The number of fused-ring (bicyclic) bond motifs is 1. The van der Waals surface area contributed by atoms with Crippen molar-refractivity contribution in [3.8, 4) is 17.9 Å². The number of halogens is 1. The molecule has 0 aliphatic heterocycles. The first-order chi connectivity index (χ1) is 14.9. The summed E-state index contributed by atoms with van der Waals surface area (Å²) in [5, 5.41) is 0.539. The molecule has 0 radical (unpaired) electrons. The summed E-state index contributed by atoms with van der Waals surface area (Å²) in [4.78, 5) is 19.9. The monoisotopic (exact) mass is 430 g/mol. The fraction of sp³-hybridized carbons (Fsp3) is 0.231. The number of aryl methyl sites for hydroxylation is 1. The second-order valence-corrected chi connectivity index (χ2v) is 8.07. The molecular weight excluding hydrogens is 408 g/mol. The molecule has 0 amide bonds. The van der Waals surface area contributed by atoms with Crippen LogP contribution in [0, 0.1) is 18.8 Å². The topological polar surface area (TPSA) is 55.0 Å². The number of carbonyl (C=O) groups is 1. The number of benzene rings is 2. The van der Waals surface area contributed by atoms with Crippen molar-refractivity contribution < 1.29 is 9.53 Å². The fourth-order valence-corrected chi connectivity index (χ4v) is 3.70. The molecular formula is C26H23ClN2O2. The van der Waals surface area contributed by atoms with Gasteiger partial charge in [-0.05, 0) is 49.8 Å². The summed E-state index contributed by atoms with van der Waals surface area (Å²) in [7, 11) is 0. The highest BCUT2D eigenvalue weighted by atomic mass is 35.5. The van der Waals surface area contributed by atoms with E-state index in [2.05, 4.69) is 21.8 Å². The number of hydrogen-bond acceptors (Lipinski definition) is 3. The van der Waals surface area contributed by atoms with Gasteiger partial charge in [-0.15, -0.1) is 0 Å². The highest BCUT2D eigenvalue weighted by Gasteiger charge is 2.21. The van der Waals surface area contributed by atoms with E-state index in [4.69, 9.17) is 16.3 Å². The van der Waals surface area contributed by atoms with Crippen LogP contribution in [0.5, 0.6) is 6.01 Å². The van der Waals surface area contributed by atoms with Gasteiger partial charge >= 0.3 is 0 Å². The van der Waals surface area contributed by atoms with Gasteiger partial charge in [-0.2, -0.15) is 4.98 Å². The van der Waals surface area contributed by atoms with Crippen LogP contribution in [0.4, 0.5) is 0 Å². The molecule has 31 heavy (non-hydrogen) atoms. The number of H-pyrrole nitrogens is 1. The Morgan fingerprint density at radius 1 is 1.23 bits per heavy atom. The van der Waals surface area contributed by atoms with Crippen LogP contribution in [-0.4, -0.2) is 21.9 Å². The third-order valence-corrected chi connectivity index (χ3v) is 5.62. The summed E-state index contributed by atoms with van der Waals surface area (Å²) in [5.74, 6) is 6.44. The SMILES string of the molecule is CCC(=O)C1=C(C)C=CC(Oc2nc3cc(Cl)c(C#Cc4ccc(C)cc4)cc3[nH]2)C1.